The summed E-state index contributed by atoms with van der Waals surface area (Å²) in [6.45, 7) is 3.44. The first kappa shape index (κ1) is 12.0. The number of rotatable bonds is 3. The second-order valence-electron chi connectivity index (χ2n) is 3.41. The molecular formula is C11H13ClO3. The predicted molar refractivity (Wildman–Crippen MR) is 57.6 cm³/mol. The number of hydrogen-bond acceptors (Lipinski definition) is 3. The van der Waals surface area contributed by atoms with Gasteiger partial charge in [-0.15, -0.1) is 0 Å². The highest BCUT2D eigenvalue weighted by Gasteiger charge is 2.21. The van der Waals surface area contributed by atoms with Gasteiger partial charge in [0.1, 0.15) is 0 Å². The zero-order chi connectivity index (χ0) is 11.4. The lowest BCUT2D eigenvalue weighted by Crippen LogP contribution is -2.19. The first-order valence-electron chi connectivity index (χ1n) is 4.65. The Labute approximate surface area is 93.6 Å². The highest BCUT2D eigenvalue weighted by molar-refractivity contribution is 6.31. The van der Waals surface area contributed by atoms with Gasteiger partial charge >= 0.3 is 5.97 Å². The van der Waals surface area contributed by atoms with Crippen LogP contribution in [0, 0.1) is 0 Å². The van der Waals surface area contributed by atoms with E-state index in [9.17, 15) is 9.90 Å². The summed E-state index contributed by atoms with van der Waals surface area (Å²) in [5, 5.41) is 10.0. The largest absolute Gasteiger partial charge is 0.461 e. The molecule has 0 fully saturated rings. The van der Waals surface area contributed by atoms with Gasteiger partial charge < -0.3 is 9.84 Å². The Balaban J connectivity index is 2.81. The molecule has 15 heavy (non-hydrogen) atoms. The molecule has 0 bridgehead atoms. The summed E-state index contributed by atoms with van der Waals surface area (Å²) in [5.41, 5.74) is 0.366. The van der Waals surface area contributed by atoms with Gasteiger partial charge in [0, 0.05) is 10.6 Å². The third kappa shape index (κ3) is 3.22. The van der Waals surface area contributed by atoms with Crippen molar-refractivity contribution in [3.8, 4) is 0 Å². The van der Waals surface area contributed by atoms with Gasteiger partial charge in [-0.3, -0.25) is 0 Å². The molecule has 82 valence electrons. The fraction of sp³-hybridized carbons (Fsp3) is 0.364. The molecule has 1 rings (SSSR count). The smallest absolute Gasteiger partial charge is 0.339 e. The Bertz CT molecular complexity index is 349. The molecule has 1 N–H and O–H groups in total. The van der Waals surface area contributed by atoms with Gasteiger partial charge in [0.25, 0.3) is 0 Å². The monoisotopic (exact) mass is 228 g/mol. The Morgan fingerprint density at radius 2 is 2.00 bits per heavy atom. The Morgan fingerprint density at radius 1 is 1.40 bits per heavy atom. The van der Waals surface area contributed by atoms with Crippen molar-refractivity contribution in [1.82, 2.24) is 0 Å². The van der Waals surface area contributed by atoms with E-state index in [-0.39, 0.29) is 6.10 Å². The van der Waals surface area contributed by atoms with Gasteiger partial charge in [-0.05, 0) is 19.9 Å². The highest BCUT2D eigenvalue weighted by Crippen LogP contribution is 2.23. The number of carbonyl (C=O) groups excluding carboxylic acids is 1. The van der Waals surface area contributed by atoms with Gasteiger partial charge in [-0.1, -0.05) is 29.8 Å². The standard InChI is InChI=1S/C11H13ClO3/c1-7(2)15-11(14)10(13)8-5-3-4-6-9(8)12/h3-7,10,13H,1-2H3. The summed E-state index contributed by atoms with van der Waals surface area (Å²) >= 11 is 5.83. The molecule has 0 aliphatic rings. The van der Waals surface area contributed by atoms with Crippen LogP contribution in [0.25, 0.3) is 0 Å². The highest BCUT2D eigenvalue weighted by atomic mass is 35.5. The van der Waals surface area contributed by atoms with Crippen LogP contribution in [0.3, 0.4) is 0 Å². The van der Waals surface area contributed by atoms with Crippen molar-refractivity contribution in [2.45, 2.75) is 26.1 Å². The first-order valence-corrected chi connectivity index (χ1v) is 5.03. The number of halogens is 1. The van der Waals surface area contributed by atoms with E-state index in [1.54, 1.807) is 38.1 Å². The van der Waals surface area contributed by atoms with E-state index in [2.05, 4.69) is 0 Å². The molecular weight excluding hydrogens is 216 g/mol. The lowest BCUT2D eigenvalue weighted by Gasteiger charge is -2.14. The van der Waals surface area contributed by atoms with Crippen LogP contribution >= 0.6 is 11.6 Å². The van der Waals surface area contributed by atoms with E-state index in [1.807, 2.05) is 0 Å². The van der Waals surface area contributed by atoms with Crippen LogP contribution in [0.15, 0.2) is 24.3 Å². The van der Waals surface area contributed by atoms with E-state index in [0.29, 0.717) is 10.6 Å². The molecule has 0 aliphatic carbocycles. The number of hydrogen-bond donors (Lipinski definition) is 1. The van der Waals surface area contributed by atoms with Crippen LogP contribution < -0.4 is 0 Å². The maximum atomic E-state index is 11.4. The van der Waals surface area contributed by atoms with Crippen LogP contribution in [0.1, 0.15) is 25.5 Å². The number of aliphatic hydroxyl groups excluding tert-OH is 1. The molecule has 0 aromatic heterocycles. The average molecular weight is 229 g/mol. The zero-order valence-electron chi connectivity index (χ0n) is 8.61. The lowest BCUT2D eigenvalue weighted by molar-refractivity contribution is -0.157. The Morgan fingerprint density at radius 3 is 2.53 bits per heavy atom. The van der Waals surface area contributed by atoms with Crippen LogP contribution in [-0.4, -0.2) is 17.2 Å². The van der Waals surface area contributed by atoms with E-state index < -0.39 is 12.1 Å². The fourth-order valence-electron chi connectivity index (χ4n) is 1.12. The number of benzene rings is 1. The molecule has 3 nitrogen and oxygen atoms in total. The molecule has 0 amide bonds. The van der Waals surface area contributed by atoms with Crippen molar-refractivity contribution >= 4 is 17.6 Å². The van der Waals surface area contributed by atoms with Gasteiger partial charge in [0.2, 0.25) is 0 Å². The maximum absolute atomic E-state index is 11.4. The Kier molecular flexibility index (Phi) is 4.12. The van der Waals surface area contributed by atoms with Crippen molar-refractivity contribution in [3.63, 3.8) is 0 Å². The third-order valence-electron chi connectivity index (χ3n) is 1.77. The van der Waals surface area contributed by atoms with E-state index in [4.69, 9.17) is 16.3 Å². The van der Waals surface area contributed by atoms with Crippen LogP contribution in [0.2, 0.25) is 5.02 Å². The number of aliphatic hydroxyl groups is 1. The Hall–Kier alpha value is -1.06. The molecule has 4 heteroatoms. The van der Waals surface area contributed by atoms with Gasteiger partial charge in [-0.2, -0.15) is 0 Å². The molecule has 1 unspecified atom stereocenters. The number of esters is 1. The lowest BCUT2D eigenvalue weighted by atomic mass is 10.1. The minimum Gasteiger partial charge on any atom is -0.461 e. The SMILES string of the molecule is CC(C)OC(=O)C(O)c1ccccc1Cl. The molecule has 1 aromatic rings. The summed E-state index contributed by atoms with van der Waals surface area (Å²) in [6.07, 6.45) is -1.57. The van der Waals surface area contributed by atoms with Crippen LogP contribution in [0.5, 0.6) is 0 Å². The summed E-state index contributed by atoms with van der Waals surface area (Å²) < 4.78 is 4.87. The normalized spacial score (nSPS) is 12.6. The molecule has 0 heterocycles. The van der Waals surface area contributed by atoms with Crippen molar-refractivity contribution < 1.29 is 14.6 Å². The minimum absolute atomic E-state index is 0.255. The van der Waals surface area contributed by atoms with Gasteiger partial charge in [-0.25, -0.2) is 4.79 Å². The van der Waals surface area contributed by atoms with E-state index >= 15 is 0 Å². The second kappa shape index (κ2) is 5.14. The first-order chi connectivity index (χ1) is 7.02. The quantitative estimate of drug-likeness (QED) is 0.808. The zero-order valence-corrected chi connectivity index (χ0v) is 9.36. The molecule has 0 aliphatic heterocycles. The summed E-state index contributed by atoms with van der Waals surface area (Å²) in [7, 11) is 0. The molecule has 0 saturated heterocycles. The average Bonchev–Trinajstić information content (AvgIpc) is 2.16. The maximum Gasteiger partial charge on any atom is 0.339 e. The minimum atomic E-state index is -1.32. The molecule has 0 spiro atoms. The topological polar surface area (TPSA) is 46.5 Å². The second-order valence-corrected chi connectivity index (χ2v) is 3.82. The number of ether oxygens (including phenoxy) is 1. The molecule has 0 radical (unpaired) electrons. The summed E-state index contributed by atoms with van der Waals surface area (Å²) in [6, 6.07) is 6.64. The third-order valence-corrected chi connectivity index (χ3v) is 2.12. The molecule has 1 atom stereocenters. The molecule has 1 aromatic carbocycles. The van der Waals surface area contributed by atoms with Crippen molar-refractivity contribution in [2.75, 3.05) is 0 Å². The number of carbonyl (C=O) groups is 1. The van der Waals surface area contributed by atoms with E-state index in [1.165, 1.54) is 0 Å². The molecule has 0 saturated carbocycles. The van der Waals surface area contributed by atoms with Crippen LogP contribution in [-0.2, 0) is 9.53 Å². The van der Waals surface area contributed by atoms with Crippen molar-refractivity contribution in [2.24, 2.45) is 0 Å². The van der Waals surface area contributed by atoms with Gasteiger partial charge in [0.15, 0.2) is 6.10 Å². The van der Waals surface area contributed by atoms with Crippen molar-refractivity contribution in [3.05, 3.63) is 34.9 Å². The summed E-state index contributed by atoms with van der Waals surface area (Å²) in [5.74, 6) is -0.682. The fourth-order valence-corrected chi connectivity index (χ4v) is 1.36. The van der Waals surface area contributed by atoms with Gasteiger partial charge in [0.05, 0.1) is 6.10 Å². The van der Waals surface area contributed by atoms with E-state index in [0.717, 1.165) is 0 Å². The predicted octanol–water partition coefficient (Wildman–Crippen LogP) is 2.33. The summed E-state index contributed by atoms with van der Waals surface area (Å²) in [4.78, 5) is 11.4. The van der Waals surface area contributed by atoms with Crippen LogP contribution in [0.4, 0.5) is 0 Å². The van der Waals surface area contributed by atoms with Crippen molar-refractivity contribution in [1.29, 1.82) is 0 Å².